The van der Waals surface area contributed by atoms with Gasteiger partial charge in [-0.05, 0) is 36.8 Å². The second-order valence-electron chi connectivity index (χ2n) is 7.93. The Kier molecular flexibility index (Phi) is 5.61. The van der Waals surface area contributed by atoms with Crippen molar-refractivity contribution in [2.24, 2.45) is 5.41 Å². The molecule has 0 radical (unpaired) electrons. The molecule has 4 nitrogen and oxygen atoms in total. The molecule has 0 aliphatic carbocycles. The van der Waals surface area contributed by atoms with Crippen LogP contribution in [0.5, 0.6) is 0 Å². The number of nitrogens with zero attached hydrogens (tertiary/aromatic N) is 1. The van der Waals surface area contributed by atoms with Crippen LogP contribution in [0.15, 0.2) is 53.4 Å². The van der Waals surface area contributed by atoms with Crippen LogP contribution in [-0.4, -0.2) is 23.6 Å². The van der Waals surface area contributed by atoms with Crippen LogP contribution in [0, 0.1) is 5.41 Å². The first-order valence-corrected chi connectivity index (χ1v) is 10.1. The maximum absolute atomic E-state index is 13.3. The van der Waals surface area contributed by atoms with Gasteiger partial charge < -0.3 is 10.2 Å². The first kappa shape index (κ1) is 19.5. The average molecular weight is 383 g/mol. The monoisotopic (exact) mass is 382 g/mol. The van der Waals surface area contributed by atoms with Crippen molar-refractivity contribution in [1.82, 2.24) is 0 Å². The molecule has 1 atom stereocenters. The SMILES string of the molecule is CC1CCN(C(=O)c2cccc(NC(=O)C(C)(C)C)c2)c2ccccc2S1. The fourth-order valence-corrected chi connectivity index (χ4v) is 4.02. The van der Waals surface area contributed by atoms with Gasteiger partial charge in [0, 0.05) is 33.4 Å². The Bertz CT molecular complexity index is 857. The Hall–Kier alpha value is -2.27. The number of para-hydroxylation sites is 1. The van der Waals surface area contributed by atoms with Gasteiger partial charge in [0.2, 0.25) is 5.91 Å². The number of carbonyl (C=O) groups is 2. The van der Waals surface area contributed by atoms with Crippen LogP contribution >= 0.6 is 11.8 Å². The zero-order valence-corrected chi connectivity index (χ0v) is 17.1. The normalized spacial score (nSPS) is 17.0. The molecule has 1 aliphatic rings. The quantitative estimate of drug-likeness (QED) is 0.776. The molecular formula is C22H26N2O2S. The molecule has 1 N–H and O–H groups in total. The molecule has 27 heavy (non-hydrogen) atoms. The molecule has 1 aliphatic heterocycles. The first-order chi connectivity index (χ1) is 12.8. The zero-order chi connectivity index (χ0) is 19.6. The van der Waals surface area contributed by atoms with Gasteiger partial charge in [0.05, 0.1) is 5.69 Å². The van der Waals surface area contributed by atoms with Gasteiger partial charge in [0.1, 0.15) is 0 Å². The van der Waals surface area contributed by atoms with Crippen LogP contribution < -0.4 is 10.2 Å². The molecule has 3 rings (SSSR count). The van der Waals surface area contributed by atoms with Crippen LogP contribution in [0.25, 0.3) is 0 Å². The Morgan fingerprint density at radius 3 is 2.59 bits per heavy atom. The van der Waals surface area contributed by atoms with Crippen molar-refractivity contribution in [3.05, 3.63) is 54.1 Å². The van der Waals surface area contributed by atoms with Gasteiger partial charge in [0.15, 0.2) is 0 Å². The van der Waals surface area contributed by atoms with E-state index >= 15 is 0 Å². The van der Waals surface area contributed by atoms with E-state index in [1.165, 1.54) is 0 Å². The third-order valence-electron chi connectivity index (χ3n) is 4.54. The number of benzene rings is 2. The lowest BCUT2D eigenvalue weighted by atomic mass is 9.95. The minimum Gasteiger partial charge on any atom is -0.326 e. The van der Waals surface area contributed by atoms with E-state index < -0.39 is 5.41 Å². The van der Waals surface area contributed by atoms with Crippen molar-refractivity contribution in [2.75, 3.05) is 16.8 Å². The highest BCUT2D eigenvalue weighted by Crippen LogP contribution is 2.37. The van der Waals surface area contributed by atoms with Crippen molar-refractivity contribution >= 4 is 35.0 Å². The second kappa shape index (κ2) is 7.77. The average Bonchev–Trinajstić information content (AvgIpc) is 2.78. The third-order valence-corrected chi connectivity index (χ3v) is 5.77. The van der Waals surface area contributed by atoms with Gasteiger partial charge in [-0.3, -0.25) is 9.59 Å². The summed E-state index contributed by atoms with van der Waals surface area (Å²) in [5, 5.41) is 3.36. The number of rotatable bonds is 2. The lowest BCUT2D eigenvalue weighted by Crippen LogP contribution is -2.32. The van der Waals surface area contributed by atoms with Crippen molar-refractivity contribution < 1.29 is 9.59 Å². The van der Waals surface area contributed by atoms with E-state index in [1.54, 1.807) is 12.1 Å². The van der Waals surface area contributed by atoms with E-state index in [2.05, 4.69) is 18.3 Å². The van der Waals surface area contributed by atoms with E-state index in [1.807, 2.05) is 67.8 Å². The van der Waals surface area contributed by atoms with Crippen molar-refractivity contribution in [2.45, 2.75) is 44.3 Å². The highest BCUT2D eigenvalue weighted by atomic mass is 32.2. The van der Waals surface area contributed by atoms with Crippen LogP contribution in [-0.2, 0) is 4.79 Å². The van der Waals surface area contributed by atoms with Gasteiger partial charge in [0.25, 0.3) is 5.91 Å². The number of nitrogens with one attached hydrogen (secondary N) is 1. The Labute approximate surface area is 165 Å². The molecule has 2 amide bonds. The highest BCUT2D eigenvalue weighted by molar-refractivity contribution is 8.00. The summed E-state index contributed by atoms with van der Waals surface area (Å²) in [6.45, 7) is 8.47. The fraction of sp³-hybridized carbons (Fsp3) is 0.364. The molecule has 2 aromatic rings. The summed E-state index contributed by atoms with van der Waals surface area (Å²) in [5.41, 5.74) is 1.69. The first-order valence-electron chi connectivity index (χ1n) is 9.25. The molecule has 2 aromatic carbocycles. The van der Waals surface area contributed by atoms with Crippen molar-refractivity contribution in [3.8, 4) is 0 Å². The summed E-state index contributed by atoms with van der Waals surface area (Å²) >= 11 is 1.81. The maximum atomic E-state index is 13.3. The van der Waals surface area contributed by atoms with Crippen LogP contribution in [0.2, 0.25) is 0 Å². The number of hydrogen-bond acceptors (Lipinski definition) is 3. The smallest absolute Gasteiger partial charge is 0.258 e. The fourth-order valence-electron chi connectivity index (χ4n) is 2.90. The topological polar surface area (TPSA) is 49.4 Å². The number of amides is 2. The number of fused-ring (bicyclic) bond motifs is 1. The van der Waals surface area contributed by atoms with Crippen LogP contribution in [0.4, 0.5) is 11.4 Å². The molecule has 0 fully saturated rings. The van der Waals surface area contributed by atoms with Gasteiger partial charge in [-0.15, -0.1) is 11.8 Å². The van der Waals surface area contributed by atoms with Crippen molar-refractivity contribution in [3.63, 3.8) is 0 Å². The summed E-state index contributed by atoms with van der Waals surface area (Å²) in [5.74, 6) is -0.110. The van der Waals surface area contributed by atoms with E-state index in [9.17, 15) is 9.59 Å². The third kappa shape index (κ3) is 4.53. The Balaban J connectivity index is 1.88. The minimum atomic E-state index is -0.489. The predicted octanol–water partition coefficient (Wildman–Crippen LogP) is 5.20. The summed E-state index contributed by atoms with van der Waals surface area (Å²) in [7, 11) is 0. The van der Waals surface area contributed by atoms with Gasteiger partial charge in [-0.1, -0.05) is 45.9 Å². The Morgan fingerprint density at radius 1 is 1.11 bits per heavy atom. The molecule has 0 saturated carbocycles. The highest BCUT2D eigenvalue weighted by Gasteiger charge is 2.26. The molecule has 0 aromatic heterocycles. The van der Waals surface area contributed by atoms with E-state index in [0.29, 0.717) is 23.0 Å². The lowest BCUT2D eigenvalue weighted by Gasteiger charge is -2.23. The van der Waals surface area contributed by atoms with Gasteiger partial charge >= 0.3 is 0 Å². The van der Waals surface area contributed by atoms with E-state index in [-0.39, 0.29) is 11.8 Å². The second-order valence-corrected chi connectivity index (χ2v) is 9.41. The Morgan fingerprint density at radius 2 is 1.85 bits per heavy atom. The molecule has 0 spiro atoms. The molecular weight excluding hydrogens is 356 g/mol. The van der Waals surface area contributed by atoms with Crippen LogP contribution in [0.1, 0.15) is 44.5 Å². The lowest BCUT2D eigenvalue weighted by molar-refractivity contribution is -0.123. The number of anilines is 2. The van der Waals surface area contributed by atoms with E-state index in [4.69, 9.17) is 0 Å². The molecule has 142 valence electrons. The standard InChI is InChI=1S/C22H26N2O2S/c1-15-12-13-24(18-10-5-6-11-19(18)27-15)20(25)16-8-7-9-17(14-16)23-21(26)22(2,3)4/h5-11,14-15H,12-13H2,1-4H3,(H,23,26). The summed E-state index contributed by atoms with van der Waals surface area (Å²) in [6.07, 6.45) is 0.936. The van der Waals surface area contributed by atoms with Crippen LogP contribution in [0.3, 0.4) is 0 Å². The predicted molar refractivity (Wildman–Crippen MR) is 113 cm³/mol. The largest absolute Gasteiger partial charge is 0.326 e. The molecule has 1 heterocycles. The molecule has 5 heteroatoms. The molecule has 1 unspecified atom stereocenters. The molecule has 0 bridgehead atoms. The van der Waals surface area contributed by atoms with Gasteiger partial charge in [-0.25, -0.2) is 0 Å². The number of hydrogen-bond donors (Lipinski definition) is 1. The van der Waals surface area contributed by atoms with E-state index in [0.717, 1.165) is 17.0 Å². The number of carbonyl (C=O) groups excluding carboxylic acids is 2. The summed E-state index contributed by atoms with van der Waals surface area (Å²) in [4.78, 5) is 28.5. The molecule has 0 saturated heterocycles. The number of thioether (sulfide) groups is 1. The summed E-state index contributed by atoms with van der Waals surface area (Å²) in [6, 6.07) is 15.2. The maximum Gasteiger partial charge on any atom is 0.258 e. The summed E-state index contributed by atoms with van der Waals surface area (Å²) < 4.78 is 0. The zero-order valence-electron chi connectivity index (χ0n) is 16.3. The minimum absolute atomic E-state index is 0.0380. The van der Waals surface area contributed by atoms with Gasteiger partial charge in [-0.2, -0.15) is 0 Å². The van der Waals surface area contributed by atoms with Crippen molar-refractivity contribution in [1.29, 1.82) is 0 Å².